The van der Waals surface area contributed by atoms with Gasteiger partial charge >= 0.3 is 12.1 Å². The SMILES string of the molecule is CCOC(=O)CC1CCCc2c3c(n(C(CCc4ccccc4)c4ccc(C(F)(F)F)cc4)c21)CCCC3. The van der Waals surface area contributed by atoms with Crippen molar-refractivity contribution in [2.24, 2.45) is 0 Å². The monoisotopic (exact) mass is 523 g/mol. The number of alkyl halides is 3. The van der Waals surface area contributed by atoms with Crippen LogP contribution in [0.2, 0.25) is 0 Å². The van der Waals surface area contributed by atoms with Gasteiger partial charge in [-0.2, -0.15) is 13.2 Å². The van der Waals surface area contributed by atoms with Gasteiger partial charge < -0.3 is 9.30 Å². The first-order valence-corrected chi connectivity index (χ1v) is 14.0. The average molecular weight is 524 g/mol. The van der Waals surface area contributed by atoms with Crippen LogP contribution in [0.1, 0.15) is 96.6 Å². The van der Waals surface area contributed by atoms with Gasteiger partial charge in [-0.3, -0.25) is 4.79 Å². The van der Waals surface area contributed by atoms with Gasteiger partial charge in [-0.05, 0) is 99.1 Å². The Bertz CT molecular complexity index is 1240. The number of benzene rings is 2. The van der Waals surface area contributed by atoms with Gasteiger partial charge in [-0.15, -0.1) is 0 Å². The second-order valence-corrected chi connectivity index (χ2v) is 10.6. The molecule has 38 heavy (non-hydrogen) atoms. The van der Waals surface area contributed by atoms with E-state index in [1.807, 2.05) is 25.1 Å². The van der Waals surface area contributed by atoms with Crippen molar-refractivity contribution in [1.82, 2.24) is 4.57 Å². The van der Waals surface area contributed by atoms with Crippen molar-refractivity contribution >= 4 is 5.97 Å². The summed E-state index contributed by atoms with van der Waals surface area (Å²) in [5.41, 5.74) is 6.85. The van der Waals surface area contributed by atoms with Gasteiger partial charge in [-0.1, -0.05) is 42.5 Å². The van der Waals surface area contributed by atoms with Crippen LogP contribution in [-0.2, 0) is 41.4 Å². The Hall–Kier alpha value is -3.02. The Morgan fingerprint density at radius 1 is 0.974 bits per heavy atom. The van der Waals surface area contributed by atoms with Gasteiger partial charge in [0.15, 0.2) is 0 Å². The fraction of sp³-hybridized carbons (Fsp3) is 0.469. The van der Waals surface area contributed by atoms with E-state index in [4.69, 9.17) is 4.74 Å². The van der Waals surface area contributed by atoms with Gasteiger partial charge in [0.05, 0.1) is 24.6 Å². The van der Waals surface area contributed by atoms with E-state index in [2.05, 4.69) is 16.7 Å². The summed E-state index contributed by atoms with van der Waals surface area (Å²) in [6.45, 7) is 2.19. The van der Waals surface area contributed by atoms with Crippen LogP contribution < -0.4 is 0 Å². The summed E-state index contributed by atoms with van der Waals surface area (Å²) in [6.07, 6.45) is 4.81. The molecule has 6 heteroatoms. The first-order chi connectivity index (χ1) is 18.4. The van der Waals surface area contributed by atoms with E-state index < -0.39 is 11.7 Å². The van der Waals surface area contributed by atoms with Gasteiger partial charge in [0.2, 0.25) is 0 Å². The number of aromatic nitrogens is 1. The fourth-order valence-corrected chi connectivity index (χ4v) is 6.57. The molecule has 2 aromatic carbocycles. The molecule has 3 nitrogen and oxygen atoms in total. The summed E-state index contributed by atoms with van der Waals surface area (Å²) in [7, 11) is 0. The van der Waals surface area contributed by atoms with Crippen molar-refractivity contribution in [2.75, 3.05) is 6.61 Å². The minimum Gasteiger partial charge on any atom is -0.466 e. The maximum absolute atomic E-state index is 13.4. The molecule has 2 atom stereocenters. The summed E-state index contributed by atoms with van der Waals surface area (Å²) in [5, 5.41) is 0. The van der Waals surface area contributed by atoms with Gasteiger partial charge in [-0.25, -0.2) is 0 Å². The molecule has 2 unspecified atom stereocenters. The minimum absolute atomic E-state index is 0.0667. The molecule has 5 rings (SSSR count). The van der Waals surface area contributed by atoms with E-state index in [0.29, 0.717) is 13.0 Å². The zero-order chi connectivity index (χ0) is 26.7. The number of fused-ring (bicyclic) bond motifs is 3. The maximum atomic E-state index is 13.4. The number of hydrogen-bond acceptors (Lipinski definition) is 2. The topological polar surface area (TPSA) is 31.2 Å². The summed E-state index contributed by atoms with van der Waals surface area (Å²) in [4.78, 5) is 12.6. The Morgan fingerprint density at radius 3 is 2.39 bits per heavy atom. The highest BCUT2D eigenvalue weighted by Gasteiger charge is 2.36. The molecule has 0 saturated heterocycles. The molecular weight excluding hydrogens is 487 g/mol. The lowest BCUT2D eigenvalue weighted by atomic mass is 9.82. The Balaban J connectivity index is 1.61. The number of hydrogen-bond donors (Lipinski definition) is 0. The van der Waals surface area contributed by atoms with Crippen molar-refractivity contribution < 1.29 is 22.7 Å². The predicted octanol–water partition coefficient (Wildman–Crippen LogP) is 7.98. The standard InChI is InChI=1S/C32H36F3NO2/c1-2-38-30(37)21-24-11-8-13-27-26-12-6-7-14-29(26)36(31(24)27)28(20-15-22-9-4-3-5-10-22)23-16-18-25(19-17-23)32(33,34)35/h3-5,9-10,16-19,24,28H,2,6-8,11-15,20-21H2,1H3. The third-order valence-electron chi connectivity index (χ3n) is 8.23. The number of ether oxygens (including phenoxy) is 1. The molecule has 3 aromatic rings. The first kappa shape index (κ1) is 26.6. The molecule has 0 aliphatic heterocycles. The van der Waals surface area contributed by atoms with Gasteiger partial charge in [0.1, 0.15) is 0 Å². The fourth-order valence-electron chi connectivity index (χ4n) is 6.57. The van der Waals surface area contributed by atoms with Crippen LogP contribution in [0.15, 0.2) is 54.6 Å². The summed E-state index contributed by atoms with van der Waals surface area (Å²) >= 11 is 0. The molecule has 1 heterocycles. The largest absolute Gasteiger partial charge is 0.466 e. The third kappa shape index (κ3) is 5.55. The number of aryl methyl sites for hydroxylation is 1. The van der Waals surface area contributed by atoms with Crippen LogP contribution in [-0.4, -0.2) is 17.1 Å². The quantitative estimate of drug-likeness (QED) is 0.280. The molecule has 0 saturated carbocycles. The number of carbonyl (C=O) groups excluding carboxylic acids is 1. The number of esters is 1. The lowest BCUT2D eigenvalue weighted by Crippen LogP contribution is -2.23. The van der Waals surface area contributed by atoms with E-state index in [1.165, 1.54) is 40.2 Å². The van der Waals surface area contributed by atoms with Crippen molar-refractivity contribution in [3.8, 4) is 0 Å². The van der Waals surface area contributed by atoms with E-state index in [0.717, 1.165) is 63.4 Å². The first-order valence-electron chi connectivity index (χ1n) is 14.0. The Kier molecular flexibility index (Phi) is 7.96. The zero-order valence-corrected chi connectivity index (χ0v) is 22.0. The molecule has 0 radical (unpaired) electrons. The van der Waals surface area contributed by atoms with Crippen LogP contribution in [0.25, 0.3) is 0 Å². The Labute approximate surface area is 223 Å². The highest BCUT2D eigenvalue weighted by atomic mass is 19.4. The number of carbonyl (C=O) groups is 1. The average Bonchev–Trinajstić information content (AvgIpc) is 3.25. The third-order valence-corrected chi connectivity index (χ3v) is 8.23. The highest BCUT2D eigenvalue weighted by Crippen LogP contribution is 2.45. The molecule has 0 fully saturated rings. The maximum Gasteiger partial charge on any atom is 0.416 e. The highest BCUT2D eigenvalue weighted by molar-refractivity contribution is 5.71. The van der Waals surface area contributed by atoms with Crippen LogP contribution in [0.3, 0.4) is 0 Å². The molecular formula is C32H36F3NO2. The van der Waals surface area contributed by atoms with Crippen LogP contribution in [0.5, 0.6) is 0 Å². The van der Waals surface area contributed by atoms with E-state index >= 15 is 0 Å². The summed E-state index contributed by atoms with van der Waals surface area (Å²) in [5.74, 6) is -0.108. The molecule has 0 N–H and O–H groups in total. The van der Waals surface area contributed by atoms with E-state index in [9.17, 15) is 18.0 Å². The normalized spacial score (nSPS) is 17.9. The molecule has 1 aromatic heterocycles. The van der Waals surface area contributed by atoms with Crippen molar-refractivity contribution in [2.45, 2.75) is 89.3 Å². The van der Waals surface area contributed by atoms with Crippen LogP contribution in [0, 0.1) is 0 Å². The summed E-state index contributed by atoms with van der Waals surface area (Å²) < 4.78 is 48.0. The lowest BCUT2D eigenvalue weighted by molar-refractivity contribution is -0.143. The minimum atomic E-state index is -4.37. The second kappa shape index (κ2) is 11.4. The van der Waals surface area contributed by atoms with Crippen LogP contribution >= 0.6 is 0 Å². The van der Waals surface area contributed by atoms with Gasteiger partial charge in [0, 0.05) is 17.3 Å². The predicted molar refractivity (Wildman–Crippen MR) is 142 cm³/mol. The van der Waals surface area contributed by atoms with E-state index in [-0.39, 0.29) is 17.9 Å². The van der Waals surface area contributed by atoms with Crippen molar-refractivity contribution in [3.63, 3.8) is 0 Å². The van der Waals surface area contributed by atoms with E-state index in [1.54, 1.807) is 12.1 Å². The molecule has 0 bridgehead atoms. The smallest absolute Gasteiger partial charge is 0.416 e. The van der Waals surface area contributed by atoms with Gasteiger partial charge in [0.25, 0.3) is 0 Å². The molecule has 202 valence electrons. The second-order valence-electron chi connectivity index (χ2n) is 10.6. The summed E-state index contributed by atoms with van der Waals surface area (Å²) in [6, 6.07) is 15.9. The zero-order valence-electron chi connectivity index (χ0n) is 22.0. The number of rotatable bonds is 8. The molecule has 0 spiro atoms. The van der Waals surface area contributed by atoms with Crippen molar-refractivity contribution in [3.05, 3.63) is 93.8 Å². The van der Waals surface area contributed by atoms with Crippen molar-refractivity contribution in [1.29, 1.82) is 0 Å². The number of nitrogens with zero attached hydrogens (tertiary/aromatic N) is 1. The number of halogens is 3. The Morgan fingerprint density at radius 2 is 1.68 bits per heavy atom. The lowest BCUT2D eigenvalue weighted by Gasteiger charge is -2.31. The van der Waals surface area contributed by atoms with Crippen LogP contribution in [0.4, 0.5) is 13.2 Å². The molecule has 0 amide bonds. The molecule has 2 aliphatic rings. The molecule has 2 aliphatic carbocycles.